The van der Waals surface area contributed by atoms with Gasteiger partial charge in [0.2, 0.25) is 0 Å². The van der Waals surface area contributed by atoms with Crippen molar-refractivity contribution in [1.82, 2.24) is 0 Å². The van der Waals surface area contributed by atoms with Gasteiger partial charge in [-0.3, -0.25) is 9.00 Å². The maximum absolute atomic E-state index is 12.1. The third-order valence-corrected chi connectivity index (χ3v) is 5.21. The smallest absolute Gasteiger partial charge is 0.134 e. The largest absolute Gasteiger partial charge is 0.300 e. The average molecular weight is 216 g/mol. The Kier molecular flexibility index (Phi) is 3.51. The molecule has 0 aliphatic heterocycles. The highest BCUT2D eigenvalue weighted by Gasteiger charge is 2.35. The van der Waals surface area contributed by atoms with E-state index in [0.717, 1.165) is 6.42 Å². The maximum Gasteiger partial charge on any atom is 0.134 e. The van der Waals surface area contributed by atoms with E-state index >= 15 is 0 Å². The summed E-state index contributed by atoms with van der Waals surface area (Å²) in [4.78, 5) is 11.3. The van der Waals surface area contributed by atoms with Crippen molar-refractivity contribution in [2.45, 2.75) is 57.0 Å². The SMILES string of the molecule is CC1CCC(=O)CC1S(=O)C(C)(C)C. The van der Waals surface area contributed by atoms with Crippen LogP contribution in [0.15, 0.2) is 0 Å². The molecule has 1 aliphatic rings. The van der Waals surface area contributed by atoms with Crippen molar-refractivity contribution < 1.29 is 9.00 Å². The predicted molar refractivity (Wildman–Crippen MR) is 59.7 cm³/mol. The molecule has 3 heteroatoms. The second kappa shape index (κ2) is 4.13. The van der Waals surface area contributed by atoms with Gasteiger partial charge in [-0.2, -0.15) is 0 Å². The third-order valence-electron chi connectivity index (χ3n) is 2.82. The normalized spacial score (nSPS) is 31.6. The summed E-state index contributed by atoms with van der Waals surface area (Å²) in [5.41, 5.74) is 0. The van der Waals surface area contributed by atoms with Crippen LogP contribution >= 0.6 is 0 Å². The topological polar surface area (TPSA) is 34.1 Å². The van der Waals surface area contributed by atoms with E-state index in [2.05, 4.69) is 6.92 Å². The summed E-state index contributed by atoms with van der Waals surface area (Å²) in [7, 11) is -0.895. The second-order valence-corrected chi connectivity index (χ2v) is 7.63. The summed E-state index contributed by atoms with van der Waals surface area (Å²) in [5.74, 6) is 0.707. The van der Waals surface area contributed by atoms with Gasteiger partial charge >= 0.3 is 0 Å². The molecule has 1 fully saturated rings. The van der Waals surface area contributed by atoms with E-state index < -0.39 is 10.8 Å². The Balaban J connectivity index is 2.75. The van der Waals surface area contributed by atoms with Crippen LogP contribution in [-0.4, -0.2) is 20.0 Å². The molecule has 3 atom stereocenters. The van der Waals surface area contributed by atoms with Crippen LogP contribution in [0.5, 0.6) is 0 Å². The van der Waals surface area contributed by atoms with Crippen LogP contribution in [0.4, 0.5) is 0 Å². The standard InChI is InChI=1S/C11H20O2S/c1-8-5-6-9(12)7-10(8)14(13)11(2,3)4/h8,10H,5-7H2,1-4H3. The molecule has 0 spiro atoms. The molecule has 0 bridgehead atoms. The highest BCUT2D eigenvalue weighted by molar-refractivity contribution is 7.87. The minimum absolute atomic E-state index is 0.0799. The van der Waals surface area contributed by atoms with Gasteiger partial charge in [-0.15, -0.1) is 0 Å². The van der Waals surface area contributed by atoms with Crippen LogP contribution in [0, 0.1) is 5.92 Å². The fourth-order valence-corrected chi connectivity index (χ4v) is 3.65. The van der Waals surface area contributed by atoms with E-state index in [0.29, 0.717) is 18.8 Å². The van der Waals surface area contributed by atoms with Gasteiger partial charge in [0.25, 0.3) is 0 Å². The summed E-state index contributed by atoms with van der Waals surface area (Å²) < 4.78 is 11.9. The first-order valence-electron chi connectivity index (χ1n) is 5.24. The zero-order valence-electron chi connectivity index (χ0n) is 9.50. The number of ketones is 1. The molecule has 14 heavy (non-hydrogen) atoms. The molecule has 0 amide bonds. The average Bonchev–Trinajstić information content (AvgIpc) is 2.06. The van der Waals surface area contributed by atoms with E-state index in [-0.39, 0.29) is 15.8 Å². The lowest BCUT2D eigenvalue weighted by Gasteiger charge is -2.32. The molecular weight excluding hydrogens is 196 g/mol. The van der Waals surface area contributed by atoms with E-state index in [1.807, 2.05) is 20.8 Å². The van der Waals surface area contributed by atoms with Gasteiger partial charge in [0.15, 0.2) is 0 Å². The number of carbonyl (C=O) groups is 1. The molecule has 0 N–H and O–H groups in total. The predicted octanol–water partition coefficient (Wildman–Crippen LogP) is 2.29. The van der Waals surface area contributed by atoms with Crippen molar-refractivity contribution in [3.8, 4) is 0 Å². The lowest BCUT2D eigenvalue weighted by atomic mass is 9.89. The van der Waals surface area contributed by atoms with E-state index in [1.54, 1.807) is 0 Å². The van der Waals surface area contributed by atoms with Gasteiger partial charge < -0.3 is 0 Å². The molecule has 1 aliphatic carbocycles. The molecule has 0 aromatic carbocycles. The van der Waals surface area contributed by atoms with Crippen LogP contribution in [0.2, 0.25) is 0 Å². The molecule has 0 saturated heterocycles. The summed E-state index contributed by atoms with van der Waals surface area (Å²) >= 11 is 0. The van der Waals surface area contributed by atoms with Gasteiger partial charge in [-0.25, -0.2) is 0 Å². The van der Waals surface area contributed by atoms with Crippen molar-refractivity contribution in [2.75, 3.05) is 0 Å². The molecule has 1 rings (SSSR count). The van der Waals surface area contributed by atoms with Crippen LogP contribution < -0.4 is 0 Å². The Labute approximate surface area is 88.9 Å². The monoisotopic (exact) mass is 216 g/mol. The Bertz CT molecular complexity index is 253. The van der Waals surface area contributed by atoms with Gasteiger partial charge in [0, 0.05) is 33.6 Å². The number of hydrogen-bond donors (Lipinski definition) is 0. The molecule has 82 valence electrons. The van der Waals surface area contributed by atoms with Crippen LogP contribution in [0.1, 0.15) is 47.0 Å². The minimum Gasteiger partial charge on any atom is -0.300 e. The van der Waals surface area contributed by atoms with E-state index in [9.17, 15) is 9.00 Å². The van der Waals surface area contributed by atoms with Gasteiger partial charge in [-0.05, 0) is 33.1 Å². The Hall–Kier alpha value is -0.180. The zero-order chi connectivity index (χ0) is 10.9. The number of rotatable bonds is 1. The van der Waals surface area contributed by atoms with Crippen molar-refractivity contribution >= 4 is 16.6 Å². The molecule has 3 unspecified atom stereocenters. The highest BCUT2D eigenvalue weighted by atomic mass is 32.2. The van der Waals surface area contributed by atoms with Crippen LogP contribution in [0.25, 0.3) is 0 Å². The number of hydrogen-bond acceptors (Lipinski definition) is 2. The van der Waals surface area contributed by atoms with E-state index in [4.69, 9.17) is 0 Å². The first-order chi connectivity index (χ1) is 6.32. The highest BCUT2D eigenvalue weighted by Crippen LogP contribution is 2.30. The number of Topliss-reactive ketones (excluding diaryl/α,β-unsaturated/α-hetero) is 1. The Morgan fingerprint density at radius 1 is 1.36 bits per heavy atom. The molecule has 1 saturated carbocycles. The lowest BCUT2D eigenvalue weighted by Crippen LogP contribution is -2.39. The van der Waals surface area contributed by atoms with Gasteiger partial charge in [0.05, 0.1) is 0 Å². The zero-order valence-corrected chi connectivity index (χ0v) is 10.3. The van der Waals surface area contributed by atoms with Crippen molar-refractivity contribution in [3.63, 3.8) is 0 Å². The number of carbonyl (C=O) groups excluding carboxylic acids is 1. The maximum atomic E-state index is 12.1. The van der Waals surface area contributed by atoms with Crippen molar-refractivity contribution in [1.29, 1.82) is 0 Å². The second-order valence-electron chi connectivity index (χ2n) is 5.21. The fraction of sp³-hybridized carbons (Fsp3) is 0.909. The molecule has 0 heterocycles. The van der Waals surface area contributed by atoms with Gasteiger partial charge in [-0.1, -0.05) is 6.92 Å². The first-order valence-corrected chi connectivity index (χ1v) is 6.46. The third kappa shape index (κ3) is 2.66. The molecule has 0 aromatic rings. The molecular formula is C11H20O2S. The minimum atomic E-state index is -0.895. The van der Waals surface area contributed by atoms with Crippen molar-refractivity contribution in [2.24, 2.45) is 5.92 Å². The fourth-order valence-electron chi connectivity index (χ4n) is 1.84. The quantitative estimate of drug-likeness (QED) is 0.674. The summed E-state index contributed by atoms with van der Waals surface area (Å²) in [6.07, 6.45) is 2.11. The van der Waals surface area contributed by atoms with E-state index in [1.165, 1.54) is 0 Å². The molecule has 0 radical (unpaired) electrons. The van der Waals surface area contributed by atoms with Gasteiger partial charge in [0.1, 0.15) is 5.78 Å². The lowest BCUT2D eigenvalue weighted by molar-refractivity contribution is -0.120. The first kappa shape index (κ1) is 11.9. The summed E-state index contributed by atoms with van der Waals surface area (Å²) in [6, 6.07) is 0. The molecule has 0 aromatic heterocycles. The van der Waals surface area contributed by atoms with Crippen LogP contribution in [0.3, 0.4) is 0 Å². The van der Waals surface area contributed by atoms with Crippen LogP contribution in [-0.2, 0) is 15.6 Å². The Morgan fingerprint density at radius 3 is 2.43 bits per heavy atom. The molecule has 2 nitrogen and oxygen atoms in total. The Morgan fingerprint density at radius 2 is 1.93 bits per heavy atom. The summed E-state index contributed by atoms with van der Waals surface area (Å²) in [6.45, 7) is 8.06. The van der Waals surface area contributed by atoms with Crippen molar-refractivity contribution in [3.05, 3.63) is 0 Å². The summed E-state index contributed by atoms with van der Waals surface area (Å²) in [5, 5.41) is 0.0799.